The zero-order valence-corrected chi connectivity index (χ0v) is 12.6. The predicted molar refractivity (Wildman–Crippen MR) is 74.8 cm³/mol. The summed E-state index contributed by atoms with van der Waals surface area (Å²) in [7, 11) is 0. The van der Waals surface area contributed by atoms with Gasteiger partial charge >= 0.3 is 5.97 Å². The van der Waals surface area contributed by atoms with E-state index in [0.717, 1.165) is 6.42 Å². The highest BCUT2D eigenvalue weighted by molar-refractivity contribution is 6.33. The Balaban J connectivity index is 2.68. The molecule has 0 saturated carbocycles. The number of nitrogens with zero attached hydrogens (tertiary/aromatic N) is 1. The van der Waals surface area contributed by atoms with Crippen LogP contribution in [-0.2, 0) is 4.74 Å². The molecule has 0 fully saturated rings. The van der Waals surface area contributed by atoms with Gasteiger partial charge in [0.2, 0.25) is 5.88 Å². The Hall–Kier alpha value is -1.29. The summed E-state index contributed by atoms with van der Waals surface area (Å²) in [6.07, 6.45) is 0.779. The molecular weight excluding hydrogens is 266 g/mol. The Morgan fingerprint density at radius 1 is 1.37 bits per heavy atom. The third-order valence-electron chi connectivity index (χ3n) is 2.39. The van der Waals surface area contributed by atoms with Gasteiger partial charge in [-0.15, -0.1) is 0 Å². The standard InChI is InChI=1S/C14H20ClNO3/c1-5-18-11-7-6-10(15)12(16-11)13(17)19-9-8-14(2,3)4/h6-7H,5,8-9H2,1-4H3. The van der Waals surface area contributed by atoms with Gasteiger partial charge in [-0.3, -0.25) is 0 Å². The van der Waals surface area contributed by atoms with Gasteiger partial charge in [0.15, 0.2) is 5.69 Å². The lowest BCUT2D eigenvalue weighted by Crippen LogP contribution is -2.14. The molecule has 4 nitrogen and oxygen atoms in total. The van der Waals surface area contributed by atoms with Gasteiger partial charge in [-0.05, 0) is 24.8 Å². The topological polar surface area (TPSA) is 48.4 Å². The fraction of sp³-hybridized carbons (Fsp3) is 0.571. The van der Waals surface area contributed by atoms with E-state index in [0.29, 0.717) is 19.1 Å². The number of hydrogen-bond acceptors (Lipinski definition) is 4. The average molecular weight is 286 g/mol. The van der Waals surface area contributed by atoms with Gasteiger partial charge in [0, 0.05) is 6.07 Å². The zero-order valence-electron chi connectivity index (χ0n) is 11.8. The first-order valence-corrected chi connectivity index (χ1v) is 6.68. The molecule has 0 aliphatic carbocycles. The van der Waals surface area contributed by atoms with Crippen molar-refractivity contribution < 1.29 is 14.3 Å². The Morgan fingerprint density at radius 2 is 2.05 bits per heavy atom. The highest BCUT2D eigenvalue weighted by Gasteiger charge is 2.17. The molecule has 0 radical (unpaired) electrons. The van der Waals surface area contributed by atoms with Crippen molar-refractivity contribution in [1.29, 1.82) is 0 Å². The fourth-order valence-corrected chi connectivity index (χ4v) is 1.50. The number of rotatable bonds is 5. The van der Waals surface area contributed by atoms with Crippen LogP contribution in [0.2, 0.25) is 5.02 Å². The van der Waals surface area contributed by atoms with E-state index in [1.165, 1.54) is 0 Å². The van der Waals surface area contributed by atoms with Crippen LogP contribution in [-0.4, -0.2) is 24.2 Å². The lowest BCUT2D eigenvalue weighted by atomic mass is 9.93. The summed E-state index contributed by atoms with van der Waals surface area (Å²) in [6, 6.07) is 3.21. The number of halogens is 1. The van der Waals surface area contributed by atoms with Crippen molar-refractivity contribution in [3.8, 4) is 5.88 Å². The largest absolute Gasteiger partial charge is 0.478 e. The van der Waals surface area contributed by atoms with Crippen molar-refractivity contribution in [2.45, 2.75) is 34.1 Å². The maximum atomic E-state index is 11.9. The molecule has 0 bridgehead atoms. The zero-order chi connectivity index (χ0) is 14.5. The van der Waals surface area contributed by atoms with Gasteiger partial charge in [0.25, 0.3) is 0 Å². The maximum Gasteiger partial charge on any atom is 0.358 e. The Bertz CT molecular complexity index is 441. The number of carbonyl (C=O) groups is 1. The summed E-state index contributed by atoms with van der Waals surface area (Å²) in [5.74, 6) is -0.148. The predicted octanol–water partition coefficient (Wildman–Crippen LogP) is 3.73. The van der Waals surface area contributed by atoms with Gasteiger partial charge in [0.1, 0.15) is 0 Å². The van der Waals surface area contributed by atoms with Crippen LogP contribution < -0.4 is 4.74 Å². The molecule has 19 heavy (non-hydrogen) atoms. The second-order valence-electron chi connectivity index (χ2n) is 5.36. The molecule has 0 aliphatic rings. The first-order chi connectivity index (χ1) is 8.83. The Morgan fingerprint density at radius 3 is 2.63 bits per heavy atom. The van der Waals surface area contributed by atoms with E-state index in [1.54, 1.807) is 12.1 Å². The SMILES string of the molecule is CCOc1ccc(Cl)c(C(=O)OCCC(C)(C)C)n1. The van der Waals surface area contributed by atoms with Crippen molar-refractivity contribution in [3.63, 3.8) is 0 Å². The second-order valence-corrected chi connectivity index (χ2v) is 5.77. The van der Waals surface area contributed by atoms with Crippen molar-refractivity contribution >= 4 is 17.6 Å². The quantitative estimate of drug-likeness (QED) is 0.774. The van der Waals surface area contributed by atoms with Crippen LogP contribution in [0.25, 0.3) is 0 Å². The van der Waals surface area contributed by atoms with Gasteiger partial charge in [-0.2, -0.15) is 0 Å². The second kappa shape index (κ2) is 6.75. The van der Waals surface area contributed by atoms with Crippen LogP contribution in [0.5, 0.6) is 5.88 Å². The minimum atomic E-state index is -0.518. The lowest BCUT2D eigenvalue weighted by molar-refractivity contribution is 0.0457. The van der Waals surface area contributed by atoms with Gasteiger partial charge < -0.3 is 9.47 Å². The normalized spacial score (nSPS) is 11.2. The van der Waals surface area contributed by atoms with Gasteiger partial charge in [-0.25, -0.2) is 9.78 Å². The maximum absolute atomic E-state index is 11.9. The summed E-state index contributed by atoms with van der Waals surface area (Å²) in [6.45, 7) is 8.93. The number of ether oxygens (including phenoxy) is 2. The van der Waals surface area contributed by atoms with Crippen LogP contribution in [0.1, 0.15) is 44.6 Å². The molecule has 1 rings (SSSR count). The van der Waals surface area contributed by atoms with Crippen LogP contribution in [0.3, 0.4) is 0 Å². The highest BCUT2D eigenvalue weighted by Crippen LogP contribution is 2.21. The van der Waals surface area contributed by atoms with E-state index >= 15 is 0 Å². The summed E-state index contributed by atoms with van der Waals surface area (Å²) >= 11 is 5.94. The van der Waals surface area contributed by atoms with Crippen molar-refractivity contribution in [3.05, 3.63) is 22.8 Å². The van der Waals surface area contributed by atoms with E-state index in [1.807, 2.05) is 6.92 Å². The minimum absolute atomic E-state index is 0.0986. The molecule has 0 amide bonds. The van der Waals surface area contributed by atoms with Gasteiger partial charge in [-0.1, -0.05) is 32.4 Å². The van der Waals surface area contributed by atoms with Crippen molar-refractivity contribution in [2.75, 3.05) is 13.2 Å². The number of esters is 1. The molecule has 1 heterocycles. The van der Waals surface area contributed by atoms with E-state index in [2.05, 4.69) is 25.8 Å². The first kappa shape index (κ1) is 15.8. The van der Waals surface area contributed by atoms with Crippen LogP contribution in [0.4, 0.5) is 0 Å². The van der Waals surface area contributed by atoms with E-state index in [-0.39, 0.29) is 16.1 Å². The molecule has 106 valence electrons. The monoisotopic (exact) mass is 285 g/mol. The Kier molecular flexibility index (Phi) is 5.60. The number of pyridine rings is 1. The molecule has 0 N–H and O–H groups in total. The summed E-state index contributed by atoms with van der Waals surface area (Å²) in [4.78, 5) is 15.9. The van der Waals surface area contributed by atoms with Crippen LogP contribution >= 0.6 is 11.6 Å². The van der Waals surface area contributed by atoms with Crippen molar-refractivity contribution in [2.24, 2.45) is 5.41 Å². The molecule has 0 spiro atoms. The fourth-order valence-electron chi connectivity index (χ4n) is 1.31. The molecule has 1 aromatic rings. The molecule has 5 heteroatoms. The van der Waals surface area contributed by atoms with Gasteiger partial charge in [0.05, 0.1) is 18.2 Å². The van der Waals surface area contributed by atoms with E-state index < -0.39 is 5.97 Å². The third-order valence-corrected chi connectivity index (χ3v) is 2.70. The molecule has 0 unspecified atom stereocenters. The number of hydrogen-bond donors (Lipinski definition) is 0. The molecule has 1 aromatic heterocycles. The smallest absolute Gasteiger partial charge is 0.358 e. The van der Waals surface area contributed by atoms with E-state index in [4.69, 9.17) is 21.1 Å². The van der Waals surface area contributed by atoms with E-state index in [9.17, 15) is 4.79 Å². The minimum Gasteiger partial charge on any atom is -0.478 e. The summed E-state index contributed by atoms with van der Waals surface area (Å²) in [5.41, 5.74) is 0.214. The Labute approximate surface area is 119 Å². The van der Waals surface area contributed by atoms with Crippen LogP contribution in [0, 0.1) is 5.41 Å². The summed E-state index contributed by atoms with van der Waals surface area (Å²) in [5, 5.41) is 0.268. The highest BCUT2D eigenvalue weighted by atomic mass is 35.5. The summed E-state index contributed by atoms with van der Waals surface area (Å²) < 4.78 is 10.4. The molecule has 0 aliphatic heterocycles. The molecular formula is C14H20ClNO3. The average Bonchev–Trinajstić information content (AvgIpc) is 2.30. The first-order valence-electron chi connectivity index (χ1n) is 6.30. The van der Waals surface area contributed by atoms with Crippen molar-refractivity contribution in [1.82, 2.24) is 4.98 Å². The van der Waals surface area contributed by atoms with Crippen LogP contribution in [0.15, 0.2) is 12.1 Å². The number of aromatic nitrogens is 1. The molecule has 0 saturated heterocycles. The third kappa shape index (κ3) is 5.47. The number of carbonyl (C=O) groups excluding carboxylic acids is 1. The molecule has 0 aromatic carbocycles. The lowest BCUT2D eigenvalue weighted by Gasteiger charge is -2.17. The molecule has 0 atom stereocenters.